The van der Waals surface area contributed by atoms with E-state index in [0.717, 1.165) is 42.7 Å². The second-order valence-electron chi connectivity index (χ2n) is 8.83. The Bertz CT molecular complexity index is 938. The average Bonchev–Trinajstić information content (AvgIpc) is 3.21. The van der Waals surface area contributed by atoms with Crippen LogP contribution in [0, 0.1) is 0 Å². The number of benzene rings is 2. The third-order valence-electron chi connectivity index (χ3n) is 6.68. The molecule has 5 heteroatoms. The first-order chi connectivity index (χ1) is 15.0. The normalized spacial score (nSPS) is 18.6. The number of piperidine rings is 1. The van der Waals surface area contributed by atoms with Crippen molar-refractivity contribution in [2.45, 2.75) is 52.0 Å². The van der Waals surface area contributed by atoms with Gasteiger partial charge in [-0.3, -0.25) is 9.59 Å². The summed E-state index contributed by atoms with van der Waals surface area (Å²) in [6.07, 6.45) is 5.80. The summed E-state index contributed by atoms with van der Waals surface area (Å²) in [4.78, 5) is 28.6. The molecule has 2 aliphatic heterocycles. The van der Waals surface area contributed by atoms with E-state index in [0.29, 0.717) is 18.2 Å². The largest absolute Gasteiger partial charge is 0.352 e. The summed E-state index contributed by atoms with van der Waals surface area (Å²) in [6, 6.07) is 14.7. The number of hydrogen-bond donors (Lipinski definition) is 1. The van der Waals surface area contributed by atoms with E-state index in [2.05, 4.69) is 29.3 Å². The predicted molar refractivity (Wildman–Crippen MR) is 125 cm³/mol. The average molecular weight is 420 g/mol. The lowest BCUT2D eigenvalue weighted by Gasteiger charge is -2.33. The minimum Gasteiger partial charge on any atom is -0.352 e. The Labute approximate surface area is 185 Å². The second kappa shape index (κ2) is 9.65. The van der Waals surface area contributed by atoms with Gasteiger partial charge in [-0.15, -0.1) is 0 Å². The van der Waals surface area contributed by atoms with Crippen molar-refractivity contribution < 1.29 is 9.59 Å². The number of amides is 2. The molecule has 1 saturated heterocycles. The fraction of sp³-hybridized carbons (Fsp3) is 0.462. The first kappa shape index (κ1) is 21.6. The maximum Gasteiger partial charge on any atom is 0.251 e. The number of hydrogen-bond acceptors (Lipinski definition) is 3. The van der Waals surface area contributed by atoms with Crippen molar-refractivity contribution in [1.82, 2.24) is 10.2 Å². The summed E-state index contributed by atoms with van der Waals surface area (Å²) in [6.45, 7) is 7.62. The predicted octanol–water partition coefficient (Wildman–Crippen LogP) is 4.26. The van der Waals surface area contributed by atoms with Gasteiger partial charge in [-0.25, -0.2) is 0 Å². The Morgan fingerprint density at radius 2 is 1.81 bits per heavy atom. The quantitative estimate of drug-likeness (QED) is 0.712. The van der Waals surface area contributed by atoms with Gasteiger partial charge in [0.25, 0.3) is 5.91 Å². The molecule has 2 heterocycles. The number of likely N-dealkylation sites (tertiary alicyclic amines) is 1. The molecule has 2 aromatic rings. The van der Waals surface area contributed by atoms with Gasteiger partial charge in [0, 0.05) is 43.9 Å². The minimum absolute atomic E-state index is 0.00991. The van der Waals surface area contributed by atoms with E-state index in [4.69, 9.17) is 0 Å². The topological polar surface area (TPSA) is 52.7 Å². The molecular formula is C26H33N3O2. The molecule has 164 valence electrons. The van der Waals surface area contributed by atoms with Crippen molar-refractivity contribution in [1.29, 1.82) is 0 Å². The second-order valence-corrected chi connectivity index (χ2v) is 8.83. The van der Waals surface area contributed by atoms with Gasteiger partial charge < -0.3 is 15.1 Å². The molecule has 2 aliphatic rings. The number of fused-ring (bicyclic) bond motifs is 1. The lowest BCUT2D eigenvalue weighted by atomic mass is 10.0. The minimum atomic E-state index is -0.00991. The van der Waals surface area contributed by atoms with Crippen LogP contribution in [-0.4, -0.2) is 48.9 Å². The van der Waals surface area contributed by atoms with Gasteiger partial charge in [0.15, 0.2) is 0 Å². The van der Waals surface area contributed by atoms with Gasteiger partial charge in [-0.05, 0) is 80.1 Å². The number of nitrogens with zero attached hydrogens (tertiary/aromatic N) is 2. The molecule has 0 spiro atoms. The van der Waals surface area contributed by atoms with E-state index >= 15 is 0 Å². The zero-order chi connectivity index (χ0) is 21.8. The van der Waals surface area contributed by atoms with Crippen LogP contribution in [0.1, 0.15) is 55.5 Å². The summed E-state index contributed by atoms with van der Waals surface area (Å²) >= 11 is 0. The number of nitrogens with one attached hydrogen (secondary N) is 1. The van der Waals surface area contributed by atoms with E-state index in [9.17, 15) is 9.59 Å². The first-order valence-corrected chi connectivity index (χ1v) is 11.6. The third kappa shape index (κ3) is 4.99. The van der Waals surface area contributed by atoms with Crippen LogP contribution >= 0.6 is 0 Å². The van der Waals surface area contributed by atoms with Crippen molar-refractivity contribution in [2.75, 3.05) is 31.1 Å². The monoisotopic (exact) mass is 419 g/mol. The van der Waals surface area contributed by atoms with Crippen molar-refractivity contribution in [2.24, 2.45) is 0 Å². The maximum absolute atomic E-state index is 12.5. The fourth-order valence-electron chi connectivity index (χ4n) is 4.80. The van der Waals surface area contributed by atoms with Gasteiger partial charge >= 0.3 is 0 Å². The summed E-state index contributed by atoms with van der Waals surface area (Å²) in [5, 5.41) is 3.06. The molecule has 0 aliphatic carbocycles. The molecule has 2 amide bonds. The van der Waals surface area contributed by atoms with E-state index < -0.39 is 0 Å². The first-order valence-electron chi connectivity index (χ1n) is 11.6. The van der Waals surface area contributed by atoms with Crippen LogP contribution in [0.25, 0.3) is 11.1 Å². The van der Waals surface area contributed by atoms with Gasteiger partial charge in [-0.2, -0.15) is 0 Å². The molecular weight excluding hydrogens is 386 g/mol. The highest BCUT2D eigenvalue weighted by Crippen LogP contribution is 2.32. The molecule has 1 unspecified atom stereocenters. The Kier molecular flexibility index (Phi) is 6.71. The lowest BCUT2D eigenvalue weighted by Crippen LogP contribution is -2.39. The Balaban J connectivity index is 1.31. The molecule has 1 N–H and O–H groups in total. The van der Waals surface area contributed by atoms with E-state index in [-0.39, 0.29) is 11.8 Å². The van der Waals surface area contributed by atoms with Gasteiger partial charge in [0.2, 0.25) is 5.91 Å². The molecule has 0 radical (unpaired) electrons. The van der Waals surface area contributed by atoms with Crippen molar-refractivity contribution >= 4 is 17.5 Å². The van der Waals surface area contributed by atoms with Gasteiger partial charge in [0.05, 0.1) is 0 Å². The van der Waals surface area contributed by atoms with Gasteiger partial charge in [0.1, 0.15) is 0 Å². The lowest BCUT2D eigenvalue weighted by molar-refractivity contribution is -0.116. The zero-order valence-electron chi connectivity index (χ0n) is 18.7. The summed E-state index contributed by atoms with van der Waals surface area (Å²) < 4.78 is 0. The highest BCUT2D eigenvalue weighted by molar-refractivity contribution is 5.95. The third-order valence-corrected chi connectivity index (χ3v) is 6.68. The smallest absolute Gasteiger partial charge is 0.251 e. The highest BCUT2D eigenvalue weighted by atomic mass is 16.2. The Hall–Kier alpha value is -2.66. The van der Waals surface area contributed by atoms with Crippen molar-refractivity contribution in [3.05, 3.63) is 53.6 Å². The van der Waals surface area contributed by atoms with E-state index in [1.54, 1.807) is 6.92 Å². The summed E-state index contributed by atoms with van der Waals surface area (Å²) in [7, 11) is 0. The number of carbonyl (C=O) groups is 2. The van der Waals surface area contributed by atoms with Crippen molar-refractivity contribution in [3.8, 4) is 11.1 Å². The van der Waals surface area contributed by atoms with Crippen LogP contribution in [0.2, 0.25) is 0 Å². The Morgan fingerprint density at radius 1 is 1.03 bits per heavy atom. The summed E-state index contributed by atoms with van der Waals surface area (Å²) in [5.41, 5.74) is 5.12. The molecule has 2 aromatic carbocycles. The van der Waals surface area contributed by atoms with Crippen LogP contribution in [0.15, 0.2) is 42.5 Å². The van der Waals surface area contributed by atoms with Crippen molar-refractivity contribution in [3.63, 3.8) is 0 Å². The number of carbonyl (C=O) groups excluding carboxylic acids is 2. The van der Waals surface area contributed by atoms with E-state index in [1.165, 1.54) is 31.4 Å². The Morgan fingerprint density at radius 3 is 2.55 bits per heavy atom. The van der Waals surface area contributed by atoms with Crippen LogP contribution < -0.4 is 10.2 Å². The molecule has 31 heavy (non-hydrogen) atoms. The molecule has 0 saturated carbocycles. The maximum atomic E-state index is 12.5. The van der Waals surface area contributed by atoms with E-state index in [1.807, 2.05) is 35.2 Å². The fourth-order valence-corrected chi connectivity index (χ4v) is 4.80. The molecule has 0 bridgehead atoms. The zero-order valence-corrected chi connectivity index (χ0v) is 18.7. The van der Waals surface area contributed by atoms with Crippen LogP contribution in [0.4, 0.5) is 5.69 Å². The van der Waals surface area contributed by atoms with Crippen LogP contribution in [0.3, 0.4) is 0 Å². The SMILES string of the molecule is CC(=O)N1CCc2cc(-c3ccc(C(=O)NCCCN4CCCCC4C)cc3)ccc21. The standard InChI is InChI=1S/C26H33N3O2/c1-19-6-3-4-15-28(19)16-5-14-27-26(31)22-9-7-21(8-10-22)23-11-12-25-24(18-23)13-17-29(25)20(2)30/h7-12,18-19H,3-6,13-17H2,1-2H3,(H,27,31). The number of anilines is 1. The molecule has 1 fully saturated rings. The van der Waals surface area contributed by atoms with Crippen LogP contribution in [0.5, 0.6) is 0 Å². The van der Waals surface area contributed by atoms with Gasteiger partial charge in [-0.1, -0.05) is 24.6 Å². The van der Waals surface area contributed by atoms with Crippen LogP contribution in [-0.2, 0) is 11.2 Å². The molecule has 4 rings (SSSR count). The molecule has 5 nitrogen and oxygen atoms in total. The highest BCUT2D eigenvalue weighted by Gasteiger charge is 2.22. The number of rotatable bonds is 6. The molecule has 0 aromatic heterocycles. The molecule has 1 atom stereocenters. The summed E-state index contributed by atoms with van der Waals surface area (Å²) in [5.74, 6) is 0.0802.